The first-order chi connectivity index (χ1) is 15.7. The molecule has 2 aliphatic heterocycles. The molecule has 2 atom stereocenters. The number of hydrogen-bond donors (Lipinski definition) is 0. The third-order valence-corrected chi connectivity index (χ3v) is 7.46. The topological polar surface area (TPSA) is 41.9 Å². The van der Waals surface area contributed by atoms with Crippen LogP contribution in [-0.2, 0) is 9.67 Å². The number of ether oxygens (including phenoxy) is 1. The van der Waals surface area contributed by atoms with Crippen LogP contribution in [0.3, 0.4) is 0 Å². The summed E-state index contributed by atoms with van der Waals surface area (Å²) in [6.07, 6.45) is 6.70. The van der Waals surface area contributed by atoms with Gasteiger partial charge in [0.25, 0.3) is 0 Å². The number of nitrogens with zero attached hydrogens (tertiary/aromatic N) is 2. The van der Waals surface area contributed by atoms with E-state index < -0.39 is 10.7 Å². The Bertz CT molecular complexity index is 1020. The molecule has 1 unspecified atom stereocenters. The molecule has 33 heavy (non-hydrogen) atoms. The van der Waals surface area contributed by atoms with E-state index in [0.29, 0.717) is 35.0 Å². The molecular formula is C26H32F2N2O2S. The van der Waals surface area contributed by atoms with Crippen LogP contribution in [0.4, 0.5) is 8.78 Å². The van der Waals surface area contributed by atoms with E-state index in [1.807, 2.05) is 6.92 Å². The Morgan fingerprint density at radius 1 is 1.36 bits per heavy atom. The van der Waals surface area contributed by atoms with E-state index >= 15 is 0 Å². The Morgan fingerprint density at radius 3 is 2.79 bits per heavy atom. The molecule has 178 valence electrons. The van der Waals surface area contributed by atoms with E-state index in [1.54, 1.807) is 26.0 Å². The van der Waals surface area contributed by atoms with E-state index in [0.717, 1.165) is 24.8 Å². The predicted octanol–water partition coefficient (Wildman–Crippen LogP) is 7.24. The van der Waals surface area contributed by atoms with Crippen molar-refractivity contribution < 1.29 is 18.3 Å². The number of hydrazone groups is 1. The first-order valence-corrected chi connectivity index (χ1v) is 12.3. The van der Waals surface area contributed by atoms with Crippen LogP contribution in [0, 0.1) is 11.7 Å². The molecule has 1 aromatic carbocycles. The summed E-state index contributed by atoms with van der Waals surface area (Å²) in [4.78, 5) is 12.2. The largest absolute Gasteiger partial charge is 0.493 e. The molecule has 0 saturated heterocycles. The van der Waals surface area contributed by atoms with Gasteiger partial charge in [0.1, 0.15) is 27.3 Å². The first-order valence-electron chi connectivity index (χ1n) is 11.5. The number of amides is 1. The van der Waals surface area contributed by atoms with Crippen molar-refractivity contribution in [3.05, 3.63) is 65.3 Å². The van der Waals surface area contributed by atoms with Crippen molar-refractivity contribution in [3.8, 4) is 5.75 Å². The van der Waals surface area contributed by atoms with Crippen molar-refractivity contribution in [3.63, 3.8) is 0 Å². The summed E-state index contributed by atoms with van der Waals surface area (Å²) in [5.74, 6) is -0.102. The highest BCUT2D eigenvalue weighted by Gasteiger charge is 2.51. The smallest absolute Gasteiger partial charge is 0.244 e. The summed E-state index contributed by atoms with van der Waals surface area (Å²) in [5.41, 5.74) is 1.67. The van der Waals surface area contributed by atoms with Crippen molar-refractivity contribution >= 4 is 22.7 Å². The molecule has 1 spiro atoms. The van der Waals surface area contributed by atoms with Gasteiger partial charge in [0.2, 0.25) is 5.91 Å². The Labute approximate surface area is 199 Å². The summed E-state index contributed by atoms with van der Waals surface area (Å²) in [6, 6.07) is 4.47. The Hall–Kier alpha value is -2.41. The molecule has 2 heterocycles. The number of allylic oxidation sites excluding steroid dienone is 4. The quantitative estimate of drug-likeness (QED) is 0.408. The number of hydrogen-bond acceptors (Lipinski definition) is 4. The molecular weight excluding hydrogens is 442 g/mol. The third-order valence-electron chi connectivity index (χ3n) is 5.97. The number of rotatable bonds is 6. The van der Waals surface area contributed by atoms with Crippen molar-refractivity contribution in [2.75, 3.05) is 6.61 Å². The van der Waals surface area contributed by atoms with Gasteiger partial charge in [-0.2, -0.15) is 5.10 Å². The maximum Gasteiger partial charge on any atom is 0.244 e. The fraction of sp³-hybridized carbons (Fsp3) is 0.462. The first kappa shape index (κ1) is 25.2. The molecule has 0 aliphatic carbocycles. The Kier molecular flexibility index (Phi) is 8.16. The second kappa shape index (κ2) is 10.7. The number of benzene rings is 1. The fourth-order valence-electron chi connectivity index (χ4n) is 4.20. The van der Waals surface area contributed by atoms with Crippen molar-refractivity contribution in [2.24, 2.45) is 11.0 Å². The van der Waals surface area contributed by atoms with Gasteiger partial charge in [0, 0.05) is 12.0 Å². The lowest BCUT2D eigenvalue weighted by Crippen LogP contribution is -2.44. The lowest BCUT2D eigenvalue weighted by Gasteiger charge is -2.40. The monoisotopic (exact) mass is 474 g/mol. The molecule has 0 bridgehead atoms. The van der Waals surface area contributed by atoms with Gasteiger partial charge in [-0.25, -0.2) is 13.8 Å². The van der Waals surface area contributed by atoms with Gasteiger partial charge >= 0.3 is 0 Å². The molecule has 1 aromatic rings. The number of carbonyl (C=O) groups excluding carboxylic acids is 1. The molecule has 1 amide bonds. The van der Waals surface area contributed by atoms with Gasteiger partial charge in [-0.1, -0.05) is 51.1 Å². The highest BCUT2D eigenvalue weighted by Crippen LogP contribution is 2.55. The van der Waals surface area contributed by atoms with Crippen LogP contribution in [0.2, 0.25) is 0 Å². The molecule has 0 saturated carbocycles. The molecule has 3 rings (SSSR count). The van der Waals surface area contributed by atoms with Crippen molar-refractivity contribution in [1.82, 2.24) is 5.01 Å². The van der Waals surface area contributed by atoms with E-state index in [9.17, 15) is 13.6 Å². The van der Waals surface area contributed by atoms with Crippen molar-refractivity contribution in [2.45, 2.75) is 64.7 Å². The predicted molar refractivity (Wildman–Crippen MR) is 131 cm³/mol. The molecule has 0 aromatic heterocycles. The van der Waals surface area contributed by atoms with Gasteiger partial charge < -0.3 is 4.74 Å². The normalized spacial score (nSPS) is 23.5. The Morgan fingerprint density at radius 2 is 2.12 bits per heavy atom. The van der Waals surface area contributed by atoms with Gasteiger partial charge in [0.05, 0.1) is 6.61 Å². The summed E-state index contributed by atoms with van der Waals surface area (Å²) >= 11 is 1.42. The third kappa shape index (κ3) is 5.40. The zero-order valence-electron chi connectivity index (χ0n) is 19.8. The SMILES string of the molecule is C=C(C)/C(F)=C\C=C(/C)C1=NN(C(=O)CC)C2(C[C@H](CCC)CCOc3ccc(F)cc32)S1. The molecule has 0 fully saturated rings. The lowest BCUT2D eigenvalue weighted by molar-refractivity contribution is -0.135. The highest BCUT2D eigenvalue weighted by molar-refractivity contribution is 8.15. The minimum Gasteiger partial charge on any atom is -0.493 e. The van der Waals surface area contributed by atoms with E-state index in [2.05, 4.69) is 13.5 Å². The van der Waals surface area contributed by atoms with Gasteiger partial charge in [-0.15, -0.1) is 0 Å². The molecule has 7 heteroatoms. The van der Waals surface area contributed by atoms with E-state index in [4.69, 9.17) is 9.84 Å². The standard InChI is InChI=1S/C26H32F2N2O2S/c1-6-8-19-13-14-32-23-12-10-20(27)15-21(23)26(16-19)30(24(31)7-2)29-25(33-26)18(5)9-11-22(28)17(3)4/h9-12,15,19H,3,6-8,13-14,16H2,1-2,4-5H3/b18-9+,22-11+/t19-,26?/m1/s1. The molecule has 0 radical (unpaired) electrons. The van der Waals surface area contributed by atoms with Crippen LogP contribution < -0.4 is 4.74 Å². The zero-order valence-corrected chi connectivity index (χ0v) is 20.6. The highest BCUT2D eigenvalue weighted by atomic mass is 32.2. The van der Waals surface area contributed by atoms with E-state index in [1.165, 1.54) is 35.0 Å². The molecule has 0 N–H and O–H groups in total. The molecule has 4 nitrogen and oxygen atoms in total. The zero-order chi connectivity index (χ0) is 24.2. The average molecular weight is 475 g/mol. The number of fused-ring (bicyclic) bond motifs is 2. The van der Waals surface area contributed by atoms with Crippen LogP contribution >= 0.6 is 11.8 Å². The maximum atomic E-state index is 14.5. The van der Waals surface area contributed by atoms with Crippen molar-refractivity contribution in [1.29, 1.82) is 0 Å². The second-order valence-corrected chi connectivity index (χ2v) is 9.90. The summed E-state index contributed by atoms with van der Waals surface area (Å²) in [7, 11) is 0. The lowest BCUT2D eigenvalue weighted by atomic mass is 9.87. The fourth-order valence-corrected chi connectivity index (χ4v) is 5.69. The van der Waals surface area contributed by atoms with Crippen LogP contribution in [0.5, 0.6) is 5.75 Å². The second-order valence-electron chi connectivity index (χ2n) is 8.63. The van der Waals surface area contributed by atoms with Crippen LogP contribution in [0.25, 0.3) is 0 Å². The number of thioether (sulfide) groups is 1. The number of carbonyl (C=O) groups is 1. The van der Waals surface area contributed by atoms with Gasteiger partial charge in [0.15, 0.2) is 0 Å². The average Bonchev–Trinajstić information content (AvgIpc) is 3.17. The summed E-state index contributed by atoms with van der Waals surface area (Å²) in [6.45, 7) is 11.5. The summed E-state index contributed by atoms with van der Waals surface area (Å²) < 4.78 is 34.5. The minimum absolute atomic E-state index is 0.153. The van der Waals surface area contributed by atoms with E-state index in [-0.39, 0.29) is 24.1 Å². The van der Waals surface area contributed by atoms with Crippen LogP contribution in [0.1, 0.15) is 65.4 Å². The Balaban J connectivity index is 2.15. The number of halogens is 2. The summed E-state index contributed by atoms with van der Waals surface area (Å²) in [5, 5.41) is 6.81. The molecule has 2 aliphatic rings. The van der Waals surface area contributed by atoms with Gasteiger partial charge in [-0.05, 0) is 68.0 Å². The maximum absolute atomic E-state index is 14.5. The van der Waals surface area contributed by atoms with Gasteiger partial charge in [-0.3, -0.25) is 4.79 Å². The van der Waals surface area contributed by atoms with Crippen LogP contribution in [-0.4, -0.2) is 22.6 Å². The minimum atomic E-state index is -0.925. The van der Waals surface area contributed by atoms with Crippen LogP contribution in [0.15, 0.2) is 59.0 Å².